The van der Waals surface area contributed by atoms with E-state index in [1.54, 1.807) is 11.3 Å². The second kappa shape index (κ2) is 7.00. The fourth-order valence-corrected chi connectivity index (χ4v) is 4.14. The smallest absolute Gasteiger partial charge is 0.237 e. The highest BCUT2D eigenvalue weighted by atomic mass is 32.1. The first-order valence-electron chi connectivity index (χ1n) is 9.07. The lowest BCUT2D eigenvalue weighted by Gasteiger charge is -2.36. The van der Waals surface area contributed by atoms with Crippen LogP contribution in [0.4, 0.5) is 5.13 Å². The van der Waals surface area contributed by atoms with Crippen molar-refractivity contribution in [2.24, 2.45) is 0 Å². The number of rotatable bonds is 5. The molecule has 0 radical (unpaired) electrons. The molecule has 0 spiro atoms. The highest BCUT2D eigenvalue weighted by Gasteiger charge is 2.32. The lowest BCUT2D eigenvalue weighted by molar-refractivity contribution is -0.129. The Morgan fingerprint density at radius 2 is 2.12 bits per heavy atom. The molecule has 2 heterocycles. The lowest BCUT2D eigenvalue weighted by Crippen LogP contribution is -2.53. The fraction of sp³-hybridized carbons (Fsp3) is 0.778. The third kappa shape index (κ3) is 4.48. The lowest BCUT2D eigenvalue weighted by atomic mass is 9.99. The first-order valence-corrected chi connectivity index (χ1v) is 9.95. The SMILES string of the molecule is CN(c1nc(CN2CCCC[C@@H]2C(=O)NC(C)(C)C)cs1)C1CC1. The number of anilines is 1. The highest BCUT2D eigenvalue weighted by molar-refractivity contribution is 7.13. The van der Waals surface area contributed by atoms with Gasteiger partial charge in [-0.25, -0.2) is 4.98 Å². The van der Waals surface area contributed by atoms with E-state index in [0.717, 1.165) is 43.2 Å². The molecule has 0 bridgehead atoms. The van der Waals surface area contributed by atoms with Crippen molar-refractivity contribution in [3.8, 4) is 0 Å². The molecule has 1 N–H and O–H groups in total. The van der Waals surface area contributed by atoms with Crippen LogP contribution in [0.2, 0.25) is 0 Å². The van der Waals surface area contributed by atoms with Crippen molar-refractivity contribution >= 4 is 22.4 Å². The van der Waals surface area contributed by atoms with Gasteiger partial charge in [0.15, 0.2) is 5.13 Å². The Bertz CT molecular complexity index is 576. The number of amides is 1. The van der Waals surface area contributed by atoms with E-state index in [0.29, 0.717) is 6.04 Å². The van der Waals surface area contributed by atoms with Crippen LogP contribution >= 0.6 is 11.3 Å². The van der Waals surface area contributed by atoms with Crippen LogP contribution in [0.15, 0.2) is 5.38 Å². The number of hydrogen-bond acceptors (Lipinski definition) is 5. The minimum absolute atomic E-state index is 0.0238. The molecule has 2 fully saturated rings. The van der Waals surface area contributed by atoms with Crippen molar-refractivity contribution in [2.45, 2.75) is 77.0 Å². The number of aromatic nitrogens is 1. The van der Waals surface area contributed by atoms with Gasteiger partial charge in [-0.15, -0.1) is 11.3 Å². The van der Waals surface area contributed by atoms with Gasteiger partial charge in [0.25, 0.3) is 0 Å². The monoisotopic (exact) mass is 350 g/mol. The molecule has 1 aliphatic carbocycles. The van der Waals surface area contributed by atoms with Crippen LogP contribution in [0, 0.1) is 0 Å². The summed E-state index contributed by atoms with van der Waals surface area (Å²) in [5.74, 6) is 0.160. The molecule has 134 valence electrons. The maximum absolute atomic E-state index is 12.6. The van der Waals surface area contributed by atoms with E-state index in [1.165, 1.54) is 12.8 Å². The summed E-state index contributed by atoms with van der Waals surface area (Å²) in [6.07, 6.45) is 5.81. The predicted molar refractivity (Wildman–Crippen MR) is 99.5 cm³/mol. The molecule has 5 nitrogen and oxygen atoms in total. The van der Waals surface area contributed by atoms with Crippen molar-refractivity contribution in [3.05, 3.63) is 11.1 Å². The Labute approximate surface area is 149 Å². The molecule has 2 aliphatic rings. The molecule has 1 amide bonds. The minimum atomic E-state index is -0.180. The molecule has 6 heteroatoms. The molecule has 1 saturated carbocycles. The van der Waals surface area contributed by atoms with Gasteiger partial charge in [-0.1, -0.05) is 6.42 Å². The summed E-state index contributed by atoms with van der Waals surface area (Å²) in [5.41, 5.74) is 0.916. The van der Waals surface area contributed by atoms with E-state index >= 15 is 0 Å². The average Bonchev–Trinajstić information content (AvgIpc) is 3.25. The van der Waals surface area contributed by atoms with Crippen LogP contribution in [0.5, 0.6) is 0 Å². The Morgan fingerprint density at radius 1 is 1.38 bits per heavy atom. The molecule has 1 aromatic heterocycles. The quantitative estimate of drug-likeness (QED) is 0.887. The normalized spacial score (nSPS) is 22.4. The van der Waals surface area contributed by atoms with Crippen molar-refractivity contribution in [2.75, 3.05) is 18.5 Å². The second-order valence-corrected chi connectivity index (χ2v) is 9.02. The van der Waals surface area contributed by atoms with Crippen molar-refractivity contribution in [3.63, 3.8) is 0 Å². The van der Waals surface area contributed by atoms with E-state index in [9.17, 15) is 4.79 Å². The zero-order valence-electron chi connectivity index (χ0n) is 15.3. The first kappa shape index (κ1) is 17.7. The molecule has 1 aliphatic heterocycles. The highest BCUT2D eigenvalue weighted by Crippen LogP contribution is 2.32. The summed E-state index contributed by atoms with van der Waals surface area (Å²) >= 11 is 1.72. The first-order chi connectivity index (χ1) is 11.3. The topological polar surface area (TPSA) is 48.5 Å². The molecule has 1 atom stereocenters. The van der Waals surface area contributed by atoms with E-state index in [2.05, 4.69) is 27.5 Å². The van der Waals surface area contributed by atoms with E-state index in [4.69, 9.17) is 4.98 Å². The van der Waals surface area contributed by atoms with Gasteiger partial charge in [-0.2, -0.15) is 0 Å². The third-order valence-corrected chi connectivity index (χ3v) is 5.70. The molecule has 3 rings (SSSR count). The molecule has 1 saturated heterocycles. The zero-order chi connectivity index (χ0) is 17.3. The summed E-state index contributed by atoms with van der Waals surface area (Å²) in [5, 5.41) is 6.41. The third-order valence-electron chi connectivity index (χ3n) is 4.72. The molecule has 0 aromatic carbocycles. The van der Waals surface area contributed by atoms with Crippen LogP contribution < -0.4 is 10.2 Å². The molecular weight excluding hydrogens is 320 g/mol. The largest absolute Gasteiger partial charge is 0.350 e. The zero-order valence-corrected chi connectivity index (χ0v) is 16.2. The van der Waals surface area contributed by atoms with Gasteiger partial charge in [-0.3, -0.25) is 9.69 Å². The summed E-state index contributed by atoms with van der Waals surface area (Å²) in [4.78, 5) is 22.1. The maximum Gasteiger partial charge on any atom is 0.237 e. The summed E-state index contributed by atoms with van der Waals surface area (Å²) in [6, 6.07) is 0.661. The standard InChI is InChI=1S/C18H30N4OS/c1-18(2,3)20-16(23)15-7-5-6-10-22(15)11-13-12-24-17(19-13)21(4)14-8-9-14/h12,14-15H,5-11H2,1-4H3,(H,20,23)/t15-/m1/s1. The number of carbonyl (C=O) groups excluding carboxylic acids is 1. The van der Waals surface area contributed by atoms with Gasteiger partial charge in [-0.05, 0) is 53.0 Å². The summed E-state index contributed by atoms with van der Waals surface area (Å²) in [7, 11) is 2.14. The van der Waals surface area contributed by atoms with Crippen LogP contribution in [0.1, 0.15) is 58.6 Å². The van der Waals surface area contributed by atoms with Gasteiger partial charge >= 0.3 is 0 Å². The van der Waals surface area contributed by atoms with E-state index in [1.807, 2.05) is 20.8 Å². The number of nitrogens with one attached hydrogen (secondary N) is 1. The Morgan fingerprint density at radius 3 is 2.79 bits per heavy atom. The number of nitrogens with zero attached hydrogens (tertiary/aromatic N) is 3. The maximum atomic E-state index is 12.6. The minimum Gasteiger partial charge on any atom is -0.350 e. The average molecular weight is 351 g/mol. The Kier molecular flexibility index (Phi) is 5.16. The molecule has 24 heavy (non-hydrogen) atoms. The number of hydrogen-bond donors (Lipinski definition) is 1. The van der Waals surface area contributed by atoms with Crippen LogP contribution in [0.25, 0.3) is 0 Å². The van der Waals surface area contributed by atoms with Crippen LogP contribution in [0.3, 0.4) is 0 Å². The van der Waals surface area contributed by atoms with E-state index in [-0.39, 0.29) is 17.5 Å². The number of piperidine rings is 1. The summed E-state index contributed by atoms with van der Waals surface area (Å²) < 4.78 is 0. The van der Waals surface area contributed by atoms with Gasteiger partial charge in [0.05, 0.1) is 11.7 Å². The number of carbonyl (C=O) groups is 1. The molecular formula is C18H30N4OS. The predicted octanol–water partition coefficient (Wildman–Crippen LogP) is 3.01. The molecule has 0 unspecified atom stereocenters. The van der Waals surface area contributed by atoms with Gasteiger partial charge in [0.1, 0.15) is 0 Å². The van der Waals surface area contributed by atoms with Crippen molar-refractivity contribution < 1.29 is 4.79 Å². The van der Waals surface area contributed by atoms with Gasteiger partial charge in [0, 0.05) is 30.6 Å². The van der Waals surface area contributed by atoms with Crippen LogP contribution in [-0.2, 0) is 11.3 Å². The number of thiazole rings is 1. The molecule has 1 aromatic rings. The van der Waals surface area contributed by atoms with Crippen molar-refractivity contribution in [1.82, 2.24) is 15.2 Å². The van der Waals surface area contributed by atoms with E-state index < -0.39 is 0 Å². The Balaban J connectivity index is 1.64. The summed E-state index contributed by atoms with van der Waals surface area (Å²) in [6.45, 7) is 7.88. The van der Waals surface area contributed by atoms with Crippen LogP contribution in [-0.4, -0.2) is 47.0 Å². The van der Waals surface area contributed by atoms with Gasteiger partial charge in [0.2, 0.25) is 5.91 Å². The van der Waals surface area contributed by atoms with Gasteiger partial charge < -0.3 is 10.2 Å². The number of likely N-dealkylation sites (tertiary alicyclic amines) is 1. The Hall–Kier alpha value is -1.14. The second-order valence-electron chi connectivity index (χ2n) is 8.18. The van der Waals surface area contributed by atoms with Crippen molar-refractivity contribution in [1.29, 1.82) is 0 Å². The fourth-order valence-electron chi connectivity index (χ4n) is 3.29.